The van der Waals surface area contributed by atoms with Gasteiger partial charge in [0.05, 0.1) is 21.4 Å². The molecule has 0 amide bonds. The molecule has 3 aromatic rings. The van der Waals surface area contributed by atoms with E-state index in [1.165, 1.54) is 6.07 Å². The molecule has 0 unspecified atom stereocenters. The molecule has 8 nitrogen and oxygen atoms in total. The van der Waals surface area contributed by atoms with Gasteiger partial charge in [0.1, 0.15) is 5.52 Å². The first-order valence-corrected chi connectivity index (χ1v) is 6.00. The molecule has 118 valence electrons. The molecule has 0 aliphatic carbocycles. The largest absolute Gasteiger partial charge is 0.435 e. The summed E-state index contributed by atoms with van der Waals surface area (Å²) in [5.74, 6) is 0. The van der Waals surface area contributed by atoms with Crippen LogP contribution in [0.2, 0.25) is 0 Å². The van der Waals surface area contributed by atoms with E-state index in [4.69, 9.17) is 0 Å². The van der Waals surface area contributed by atoms with Crippen molar-refractivity contribution in [2.75, 3.05) is 0 Å². The Kier molecular flexibility index (Phi) is 2.95. The minimum atomic E-state index is -4.78. The molecule has 0 fully saturated rings. The molecule has 0 radical (unpaired) electrons. The van der Waals surface area contributed by atoms with Crippen LogP contribution in [0.25, 0.3) is 21.8 Å². The number of H-pyrrole nitrogens is 1. The van der Waals surface area contributed by atoms with E-state index in [-0.39, 0.29) is 16.3 Å². The number of alkyl halides is 3. The fourth-order valence-corrected chi connectivity index (χ4v) is 2.36. The molecule has 23 heavy (non-hydrogen) atoms. The van der Waals surface area contributed by atoms with Gasteiger partial charge in [0.2, 0.25) is 0 Å². The predicted octanol–water partition coefficient (Wildman–Crippen LogP) is 3.55. The Morgan fingerprint density at radius 2 is 1.74 bits per heavy atom. The number of fused-ring (bicyclic) bond motifs is 3. The molecule has 1 N–H and O–H groups in total. The van der Waals surface area contributed by atoms with Gasteiger partial charge in [-0.05, 0) is 6.07 Å². The summed E-state index contributed by atoms with van der Waals surface area (Å²) in [6, 6.07) is 2.89. The Hall–Kier alpha value is -3.24. The monoisotopic (exact) mass is 326 g/mol. The Balaban J connectivity index is 2.51. The quantitative estimate of drug-likeness (QED) is 0.571. The molecule has 3 rings (SSSR count). The van der Waals surface area contributed by atoms with Crippen LogP contribution in [0.1, 0.15) is 5.69 Å². The summed E-state index contributed by atoms with van der Waals surface area (Å²) in [7, 11) is 0. The van der Waals surface area contributed by atoms with E-state index in [9.17, 15) is 33.4 Å². The Morgan fingerprint density at radius 1 is 1.04 bits per heavy atom. The number of aromatic nitrogens is 2. The van der Waals surface area contributed by atoms with E-state index in [1.54, 1.807) is 0 Å². The molecule has 1 aromatic carbocycles. The van der Waals surface area contributed by atoms with Crippen molar-refractivity contribution in [1.29, 1.82) is 0 Å². The normalized spacial score (nSPS) is 12.0. The van der Waals surface area contributed by atoms with E-state index in [2.05, 4.69) is 9.97 Å². The number of aromatic amines is 1. The molecular formula is C12H5F3N4O4. The van der Waals surface area contributed by atoms with Crippen LogP contribution in [0.4, 0.5) is 24.5 Å². The summed E-state index contributed by atoms with van der Waals surface area (Å²) in [6.45, 7) is 0. The predicted molar refractivity (Wildman–Crippen MR) is 71.9 cm³/mol. The highest BCUT2D eigenvalue weighted by Gasteiger charge is 2.36. The SMILES string of the molecule is O=[N+]([O-])c1cc([N+](=O)[O-])c2[nH]c3c(C(F)(F)F)nccc3c2c1. The van der Waals surface area contributed by atoms with Gasteiger partial charge in [-0.1, -0.05) is 0 Å². The number of benzene rings is 1. The van der Waals surface area contributed by atoms with Crippen LogP contribution in [0, 0.1) is 20.2 Å². The highest BCUT2D eigenvalue weighted by atomic mass is 19.4. The zero-order chi connectivity index (χ0) is 16.9. The minimum absolute atomic E-state index is 0.0332. The molecule has 0 aliphatic rings. The summed E-state index contributed by atoms with van der Waals surface area (Å²) >= 11 is 0. The van der Waals surface area contributed by atoms with Crippen molar-refractivity contribution in [3.63, 3.8) is 0 Å². The van der Waals surface area contributed by atoms with Crippen molar-refractivity contribution in [3.05, 3.63) is 50.3 Å². The molecule has 11 heteroatoms. The van der Waals surface area contributed by atoms with Gasteiger partial charge in [-0.15, -0.1) is 0 Å². The zero-order valence-electron chi connectivity index (χ0n) is 10.9. The first-order valence-electron chi connectivity index (χ1n) is 6.00. The van der Waals surface area contributed by atoms with Crippen molar-refractivity contribution in [2.24, 2.45) is 0 Å². The molecule has 0 spiro atoms. The van der Waals surface area contributed by atoms with Gasteiger partial charge in [-0.2, -0.15) is 13.2 Å². The topological polar surface area (TPSA) is 115 Å². The van der Waals surface area contributed by atoms with Crippen LogP contribution >= 0.6 is 0 Å². The van der Waals surface area contributed by atoms with E-state index in [1.807, 2.05) is 0 Å². The van der Waals surface area contributed by atoms with Gasteiger partial charge in [-0.3, -0.25) is 20.2 Å². The van der Waals surface area contributed by atoms with Gasteiger partial charge in [0.25, 0.3) is 11.4 Å². The van der Waals surface area contributed by atoms with Crippen LogP contribution < -0.4 is 0 Å². The first kappa shape index (κ1) is 14.7. The van der Waals surface area contributed by atoms with Crippen molar-refractivity contribution in [2.45, 2.75) is 6.18 Å². The first-order chi connectivity index (χ1) is 10.7. The number of halogens is 3. The van der Waals surface area contributed by atoms with E-state index in [0.29, 0.717) is 6.07 Å². The molecule has 0 saturated heterocycles. The maximum atomic E-state index is 13.0. The number of rotatable bonds is 2. The third-order valence-electron chi connectivity index (χ3n) is 3.27. The van der Waals surface area contributed by atoms with Gasteiger partial charge >= 0.3 is 6.18 Å². The molecule has 0 aliphatic heterocycles. The number of hydrogen-bond donors (Lipinski definition) is 1. The fraction of sp³-hybridized carbons (Fsp3) is 0.0833. The van der Waals surface area contributed by atoms with Gasteiger partial charge in [-0.25, -0.2) is 4.98 Å². The minimum Gasteiger partial charge on any atom is -0.347 e. The lowest BCUT2D eigenvalue weighted by Crippen LogP contribution is -2.08. The summed E-state index contributed by atoms with van der Waals surface area (Å²) in [6.07, 6.45) is -3.88. The second-order valence-electron chi connectivity index (χ2n) is 4.61. The van der Waals surface area contributed by atoms with Gasteiger partial charge in [0, 0.05) is 23.0 Å². The Labute approximate surface area is 123 Å². The van der Waals surface area contributed by atoms with E-state index >= 15 is 0 Å². The van der Waals surface area contributed by atoms with Crippen molar-refractivity contribution in [3.8, 4) is 0 Å². The van der Waals surface area contributed by atoms with Crippen LogP contribution in [-0.4, -0.2) is 19.8 Å². The molecular weight excluding hydrogens is 321 g/mol. The molecule has 2 heterocycles. The number of nitro groups is 2. The van der Waals surface area contributed by atoms with Gasteiger partial charge in [0.15, 0.2) is 5.69 Å². The lowest BCUT2D eigenvalue weighted by Gasteiger charge is -2.05. The molecule has 2 aromatic heterocycles. The maximum Gasteiger partial charge on any atom is 0.435 e. The van der Waals surface area contributed by atoms with Crippen molar-refractivity contribution < 1.29 is 23.0 Å². The summed E-state index contributed by atoms with van der Waals surface area (Å²) in [4.78, 5) is 25.8. The zero-order valence-corrected chi connectivity index (χ0v) is 10.9. The number of hydrogen-bond acceptors (Lipinski definition) is 5. The van der Waals surface area contributed by atoms with E-state index < -0.39 is 38.6 Å². The lowest BCUT2D eigenvalue weighted by molar-refractivity contribution is -0.393. The Bertz CT molecular complexity index is 980. The van der Waals surface area contributed by atoms with Crippen LogP contribution in [0.3, 0.4) is 0 Å². The second-order valence-corrected chi connectivity index (χ2v) is 4.61. The van der Waals surface area contributed by atoms with Crippen LogP contribution in [0.5, 0.6) is 0 Å². The van der Waals surface area contributed by atoms with Crippen LogP contribution in [-0.2, 0) is 6.18 Å². The lowest BCUT2D eigenvalue weighted by atomic mass is 10.1. The number of nitrogens with zero attached hydrogens (tertiary/aromatic N) is 3. The highest BCUT2D eigenvalue weighted by molar-refractivity contribution is 6.11. The third kappa shape index (κ3) is 2.22. The number of non-ortho nitro benzene ring substituents is 2. The summed E-state index contributed by atoms with van der Waals surface area (Å²) in [5, 5.41) is 21.9. The smallest absolute Gasteiger partial charge is 0.347 e. The summed E-state index contributed by atoms with van der Waals surface area (Å²) < 4.78 is 39.0. The van der Waals surface area contributed by atoms with Crippen molar-refractivity contribution in [1.82, 2.24) is 9.97 Å². The summed E-state index contributed by atoms with van der Waals surface area (Å²) in [5.41, 5.74) is -3.20. The third-order valence-corrected chi connectivity index (χ3v) is 3.27. The standard InChI is InChI=1S/C12H5F3N4O4/c13-12(14,15)11-10-6(1-2-16-11)7-3-5(18(20)21)4-8(19(22)23)9(7)17-10/h1-4,17H. The Morgan fingerprint density at radius 3 is 2.30 bits per heavy atom. The average Bonchev–Trinajstić information content (AvgIpc) is 2.83. The molecule has 0 saturated carbocycles. The average molecular weight is 326 g/mol. The second kappa shape index (κ2) is 4.63. The molecule has 0 atom stereocenters. The molecule has 0 bridgehead atoms. The van der Waals surface area contributed by atoms with Crippen molar-refractivity contribution >= 4 is 33.2 Å². The number of nitrogens with one attached hydrogen (secondary N) is 1. The van der Waals surface area contributed by atoms with E-state index in [0.717, 1.165) is 12.3 Å². The van der Waals surface area contributed by atoms with Gasteiger partial charge < -0.3 is 4.98 Å². The number of pyridine rings is 1. The van der Waals surface area contributed by atoms with Crippen LogP contribution in [0.15, 0.2) is 24.4 Å². The maximum absolute atomic E-state index is 13.0. The number of nitro benzene ring substituents is 2. The fourth-order valence-electron chi connectivity index (χ4n) is 2.36. The highest BCUT2D eigenvalue weighted by Crippen LogP contribution is 2.39.